The zero-order chi connectivity index (χ0) is 29.9. The zero-order valence-electron chi connectivity index (χ0n) is 23.8. The van der Waals surface area contributed by atoms with Gasteiger partial charge in [0.25, 0.3) is 0 Å². The van der Waals surface area contributed by atoms with Crippen molar-refractivity contribution in [2.45, 2.75) is 51.8 Å². The second-order valence-electron chi connectivity index (χ2n) is 10.8. The van der Waals surface area contributed by atoms with Crippen LogP contribution in [0.3, 0.4) is 0 Å². The fraction of sp³-hybridized carbons (Fsp3) is 0.312. The third kappa shape index (κ3) is 6.40. The van der Waals surface area contributed by atoms with Gasteiger partial charge in [-0.2, -0.15) is 0 Å². The minimum Gasteiger partial charge on any atom is -0.478 e. The van der Waals surface area contributed by atoms with E-state index in [1.807, 2.05) is 29.1 Å². The second-order valence-corrected chi connectivity index (χ2v) is 11.2. The maximum atomic E-state index is 14.2. The van der Waals surface area contributed by atoms with Gasteiger partial charge in [0.15, 0.2) is 0 Å². The molecule has 0 spiro atoms. The van der Waals surface area contributed by atoms with Gasteiger partial charge >= 0.3 is 5.97 Å². The highest BCUT2D eigenvalue weighted by molar-refractivity contribution is 6.30. The number of hydrogen-bond donors (Lipinski definition) is 1. The summed E-state index contributed by atoms with van der Waals surface area (Å²) < 4.78 is 24.0. The van der Waals surface area contributed by atoms with Gasteiger partial charge in [-0.05, 0) is 63.2 Å². The smallest absolute Gasteiger partial charge is 0.337 e. The van der Waals surface area contributed by atoms with Crippen LogP contribution in [0.5, 0.6) is 5.88 Å². The summed E-state index contributed by atoms with van der Waals surface area (Å²) in [7, 11) is 0. The van der Waals surface area contributed by atoms with E-state index in [1.165, 1.54) is 6.07 Å². The van der Waals surface area contributed by atoms with E-state index >= 15 is 0 Å². The van der Waals surface area contributed by atoms with Gasteiger partial charge in [-0.25, -0.2) is 24.1 Å². The SMILES string of the molecule is CCn1cncc1Cc1c(CN2CCC(c3cccc(OCc4ccc(Cl)cc4F)n3)CC2)nc2ccc(C(=O)O)cn12. The summed E-state index contributed by atoms with van der Waals surface area (Å²) in [6.45, 7) is 5.35. The number of pyridine rings is 2. The van der Waals surface area contributed by atoms with Crippen LogP contribution in [0.15, 0.2) is 67.3 Å². The number of fused-ring (bicyclic) bond motifs is 1. The molecule has 0 unspecified atom stereocenters. The van der Waals surface area contributed by atoms with Crippen molar-refractivity contribution in [1.29, 1.82) is 0 Å². The molecule has 0 bridgehead atoms. The number of likely N-dealkylation sites (tertiary alicyclic amines) is 1. The number of hydrogen-bond acceptors (Lipinski definition) is 6. The van der Waals surface area contributed by atoms with E-state index in [2.05, 4.69) is 21.4 Å². The Hall–Kier alpha value is -4.28. The van der Waals surface area contributed by atoms with Crippen LogP contribution in [0.25, 0.3) is 5.65 Å². The number of halogens is 2. The summed E-state index contributed by atoms with van der Waals surface area (Å²) in [6.07, 6.45) is 7.78. The number of aromatic nitrogens is 5. The minimum atomic E-state index is -0.969. The van der Waals surface area contributed by atoms with Crippen molar-refractivity contribution in [3.05, 3.63) is 112 Å². The van der Waals surface area contributed by atoms with Gasteiger partial charge < -0.3 is 18.8 Å². The highest BCUT2D eigenvalue weighted by Crippen LogP contribution is 2.30. The molecule has 0 atom stereocenters. The van der Waals surface area contributed by atoms with Crippen molar-refractivity contribution in [2.75, 3.05) is 13.1 Å². The number of carboxylic acid groups (broad SMARTS) is 1. The number of ether oxygens (including phenoxy) is 1. The van der Waals surface area contributed by atoms with Crippen LogP contribution in [0.2, 0.25) is 5.02 Å². The van der Waals surface area contributed by atoms with E-state index < -0.39 is 11.8 Å². The molecule has 222 valence electrons. The number of carbonyl (C=O) groups is 1. The van der Waals surface area contributed by atoms with Crippen LogP contribution in [0, 0.1) is 5.82 Å². The normalized spacial score (nSPS) is 14.4. The van der Waals surface area contributed by atoms with Gasteiger partial charge in [0.1, 0.15) is 18.1 Å². The lowest BCUT2D eigenvalue weighted by atomic mass is 9.93. The number of rotatable bonds is 10. The number of carboxylic acids is 1. The molecule has 6 rings (SSSR count). The number of benzene rings is 1. The molecular formula is C32H32ClFN6O3. The van der Waals surface area contributed by atoms with Crippen molar-refractivity contribution in [3.63, 3.8) is 0 Å². The molecule has 11 heteroatoms. The molecule has 9 nitrogen and oxygen atoms in total. The molecule has 1 aromatic carbocycles. The molecule has 5 heterocycles. The van der Waals surface area contributed by atoms with Crippen LogP contribution in [0.4, 0.5) is 4.39 Å². The van der Waals surface area contributed by atoms with Crippen LogP contribution in [-0.4, -0.2) is 53.0 Å². The topological polar surface area (TPSA) is 97.8 Å². The molecule has 1 saturated heterocycles. The van der Waals surface area contributed by atoms with E-state index in [9.17, 15) is 14.3 Å². The largest absolute Gasteiger partial charge is 0.478 e. The van der Waals surface area contributed by atoms with Gasteiger partial charge in [0.05, 0.1) is 23.3 Å². The molecule has 5 aromatic rings. The molecule has 1 N–H and O–H groups in total. The molecule has 0 radical (unpaired) electrons. The Labute approximate surface area is 253 Å². The fourth-order valence-corrected chi connectivity index (χ4v) is 5.82. The fourth-order valence-electron chi connectivity index (χ4n) is 5.66. The van der Waals surface area contributed by atoms with Crippen LogP contribution in [-0.2, 0) is 26.1 Å². The first-order valence-electron chi connectivity index (χ1n) is 14.4. The zero-order valence-corrected chi connectivity index (χ0v) is 24.5. The van der Waals surface area contributed by atoms with Gasteiger partial charge in [-0.3, -0.25) is 4.90 Å². The third-order valence-electron chi connectivity index (χ3n) is 8.05. The minimum absolute atomic E-state index is 0.0756. The number of aromatic carboxylic acids is 1. The summed E-state index contributed by atoms with van der Waals surface area (Å²) in [5.74, 6) is -0.618. The van der Waals surface area contributed by atoms with E-state index in [0.717, 1.165) is 60.9 Å². The van der Waals surface area contributed by atoms with Crippen molar-refractivity contribution in [2.24, 2.45) is 0 Å². The molecule has 1 fully saturated rings. The number of aryl methyl sites for hydroxylation is 1. The van der Waals surface area contributed by atoms with Crippen molar-refractivity contribution < 1.29 is 19.0 Å². The first-order valence-corrected chi connectivity index (χ1v) is 14.7. The Morgan fingerprint density at radius 2 is 1.98 bits per heavy atom. The van der Waals surface area contributed by atoms with Gasteiger partial charge in [0, 0.05) is 65.9 Å². The molecule has 0 aliphatic carbocycles. The van der Waals surface area contributed by atoms with Gasteiger partial charge in [0.2, 0.25) is 5.88 Å². The predicted octanol–water partition coefficient (Wildman–Crippen LogP) is 5.99. The summed E-state index contributed by atoms with van der Waals surface area (Å²) in [5.41, 5.74) is 5.31. The predicted molar refractivity (Wildman–Crippen MR) is 160 cm³/mol. The van der Waals surface area contributed by atoms with Crippen LogP contribution >= 0.6 is 11.6 Å². The van der Waals surface area contributed by atoms with E-state index in [0.29, 0.717) is 29.4 Å². The van der Waals surface area contributed by atoms with E-state index in [4.69, 9.17) is 26.3 Å². The lowest BCUT2D eigenvalue weighted by molar-refractivity contribution is 0.0696. The lowest BCUT2D eigenvalue weighted by Gasteiger charge is -2.31. The van der Waals surface area contributed by atoms with Crippen molar-refractivity contribution in [3.8, 4) is 5.88 Å². The Morgan fingerprint density at radius 3 is 2.74 bits per heavy atom. The standard InChI is InChI=1S/C32H32ClFN6O3/c1-2-39-20-35-16-25(39)15-29-28(36-30-9-7-22(32(41)42)17-40(29)30)18-38-12-10-21(11-13-38)27-4-3-5-31(37-27)43-19-23-6-8-24(33)14-26(23)34/h3-9,14,16-17,20-21H,2,10-13,15,18-19H2,1H3,(H,41,42). The first kappa shape index (κ1) is 28.8. The molecule has 1 aliphatic heterocycles. The summed E-state index contributed by atoms with van der Waals surface area (Å²) in [5, 5.41) is 9.94. The maximum absolute atomic E-state index is 14.2. The van der Waals surface area contributed by atoms with Gasteiger partial charge in [-0.1, -0.05) is 23.7 Å². The monoisotopic (exact) mass is 602 g/mol. The van der Waals surface area contributed by atoms with Crippen LogP contribution < -0.4 is 4.74 Å². The summed E-state index contributed by atoms with van der Waals surface area (Å²) in [4.78, 5) is 28.1. The lowest BCUT2D eigenvalue weighted by Crippen LogP contribution is -2.33. The average Bonchev–Trinajstić information content (AvgIpc) is 3.61. The summed E-state index contributed by atoms with van der Waals surface area (Å²) >= 11 is 5.85. The second kappa shape index (κ2) is 12.5. The molecule has 1 aliphatic rings. The highest BCUT2D eigenvalue weighted by Gasteiger charge is 2.25. The molecule has 0 amide bonds. The van der Waals surface area contributed by atoms with E-state index in [-0.39, 0.29) is 18.1 Å². The maximum Gasteiger partial charge on any atom is 0.337 e. The van der Waals surface area contributed by atoms with Gasteiger partial charge in [-0.15, -0.1) is 0 Å². The summed E-state index contributed by atoms with van der Waals surface area (Å²) in [6, 6.07) is 13.6. The molecular weight excluding hydrogens is 571 g/mol. The van der Waals surface area contributed by atoms with Crippen molar-refractivity contribution >= 4 is 23.2 Å². The number of piperidine rings is 1. The number of imidazole rings is 2. The molecule has 43 heavy (non-hydrogen) atoms. The third-order valence-corrected chi connectivity index (χ3v) is 8.29. The Bertz CT molecular complexity index is 1760. The average molecular weight is 603 g/mol. The van der Waals surface area contributed by atoms with Crippen LogP contribution in [0.1, 0.15) is 64.4 Å². The quantitative estimate of drug-likeness (QED) is 0.210. The Kier molecular flexibility index (Phi) is 8.40. The van der Waals surface area contributed by atoms with E-state index in [1.54, 1.807) is 36.5 Å². The molecule has 0 saturated carbocycles. The van der Waals surface area contributed by atoms with Crippen molar-refractivity contribution in [1.82, 2.24) is 28.8 Å². The first-order chi connectivity index (χ1) is 20.9. The highest BCUT2D eigenvalue weighted by atomic mass is 35.5. The Balaban J connectivity index is 1.14. The molecule has 4 aromatic heterocycles. The number of nitrogens with zero attached hydrogens (tertiary/aromatic N) is 6. The Morgan fingerprint density at radius 1 is 1.14 bits per heavy atom.